The zero-order chi connectivity index (χ0) is 27.0. The summed E-state index contributed by atoms with van der Waals surface area (Å²) in [4.78, 5) is 44.8. The number of carbonyl (C=O) groups excluding carboxylic acids is 3. The molecule has 1 aromatic carbocycles. The maximum Gasteiger partial charge on any atom is 0.320 e. The van der Waals surface area contributed by atoms with Crippen LogP contribution >= 0.6 is 0 Å². The molecule has 1 atom stereocenters. The second-order valence-electron chi connectivity index (χ2n) is 12.5. The van der Waals surface area contributed by atoms with Crippen LogP contribution in [-0.2, 0) is 15.1 Å². The number of urea groups is 1. The Balaban J connectivity index is 1.55. The van der Waals surface area contributed by atoms with Gasteiger partial charge in [0.15, 0.2) is 0 Å². The molecule has 4 rings (SSSR count). The van der Waals surface area contributed by atoms with Crippen molar-refractivity contribution >= 4 is 17.8 Å². The van der Waals surface area contributed by atoms with Crippen LogP contribution in [0.3, 0.4) is 0 Å². The predicted molar refractivity (Wildman–Crippen MR) is 145 cm³/mol. The summed E-state index contributed by atoms with van der Waals surface area (Å²) in [6, 6.07) is 10.0. The largest absolute Gasteiger partial charge is 0.368 e. The molecular weight excluding hydrogens is 466 g/mol. The van der Waals surface area contributed by atoms with E-state index in [1.165, 1.54) is 24.8 Å². The SMILES string of the molecule is CC(NC(=O)C(C)(C)CN1C[C@]2(CC[C@@](c3ccccc3)(N(C)C)CC2)N(CC2CCC2)C1=O)C(N)=O. The van der Waals surface area contributed by atoms with Crippen LogP contribution < -0.4 is 11.1 Å². The number of benzene rings is 1. The molecule has 2 aliphatic carbocycles. The van der Waals surface area contributed by atoms with Crippen molar-refractivity contribution in [3.63, 3.8) is 0 Å². The fraction of sp³-hybridized carbons (Fsp3) is 0.690. The lowest BCUT2D eigenvalue weighted by Crippen LogP contribution is -2.56. The molecule has 0 aromatic heterocycles. The molecule has 3 aliphatic rings. The van der Waals surface area contributed by atoms with Gasteiger partial charge in [-0.15, -0.1) is 0 Å². The molecule has 2 saturated carbocycles. The molecule has 1 aliphatic heterocycles. The Hall–Kier alpha value is -2.61. The highest BCUT2D eigenvalue weighted by Gasteiger charge is 2.55. The van der Waals surface area contributed by atoms with E-state index in [1.54, 1.807) is 6.92 Å². The number of hydrogen-bond donors (Lipinski definition) is 2. The van der Waals surface area contributed by atoms with Gasteiger partial charge >= 0.3 is 6.03 Å². The molecule has 8 nitrogen and oxygen atoms in total. The van der Waals surface area contributed by atoms with Crippen molar-refractivity contribution in [3.8, 4) is 0 Å². The van der Waals surface area contributed by atoms with Gasteiger partial charge in [0.25, 0.3) is 0 Å². The van der Waals surface area contributed by atoms with Crippen LogP contribution in [-0.4, -0.2) is 77.9 Å². The van der Waals surface area contributed by atoms with Gasteiger partial charge in [0.05, 0.1) is 11.0 Å². The third-order valence-electron chi connectivity index (χ3n) is 9.37. The summed E-state index contributed by atoms with van der Waals surface area (Å²) in [6.07, 6.45) is 7.43. The van der Waals surface area contributed by atoms with E-state index in [4.69, 9.17) is 5.73 Å². The van der Waals surface area contributed by atoms with Gasteiger partial charge in [0, 0.05) is 25.2 Å². The number of nitrogens with one attached hydrogen (secondary N) is 1. The van der Waals surface area contributed by atoms with E-state index < -0.39 is 17.4 Å². The average Bonchev–Trinajstić information content (AvgIpc) is 3.06. The topological polar surface area (TPSA) is 99.0 Å². The van der Waals surface area contributed by atoms with Crippen molar-refractivity contribution in [2.45, 2.75) is 82.8 Å². The number of hydrogen-bond acceptors (Lipinski definition) is 4. The van der Waals surface area contributed by atoms with Gasteiger partial charge in [-0.05, 0) is 84.9 Å². The Morgan fingerprint density at radius 3 is 2.27 bits per heavy atom. The lowest BCUT2D eigenvalue weighted by Gasteiger charge is -2.51. The van der Waals surface area contributed by atoms with Crippen LogP contribution in [0.15, 0.2) is 30.3 Å². The summed E-state index contributed by atoms with van der Waals surface area (Å²) >= 11 is 0. The summed E-state index contributed by atoms with van der Waals surface area (Å²) < 4.78 is 0. The smallest absolute Gasteiger partial charge is 0.320 e. The highest BCUT2D eigenvalue weighted by molar-refractivity contribution is 5.89. The number of primary amides is 1. The minimum Gasteiger partial charge on any atom is -0.368 e. The van der Waals surface area contributed by atoms with Crippen LogP contribution in [0, 0.1) is 11.3 Å². The summed E-state index contributed by atoms with van der Waals surface area (Å²) in [5.74, 6) is -0.266. The monoisotopic (exact) mass is 511 g/mol. The van der Waals surface area contributed by atoms with Gasteiger partial charge in [-0.1, -0.05) is 36.8 Å². The molecule has 204 valence electrons. The quantitative estimate of drug-likeness (QED) is 0.531. The molecule has 3 fully saturated rings. The number of nitrogens with two attached hydrogens (primary N) is 1. The number of amides is 4. The lowest BCUT2D eigenvalue weighted by molar-refractivity contribution is -0.133. The molecule has 4 amide bonds. The van der Waals surface area contributed by atoms with Crippen LogP contribution in [0.2, 0.25) is 0 Å². The maximum atomic E-state index is 13.9. The first-order valence-electron chi connectivity index (χ1n) is 13.8. The molecule has 1 saturated heterocycles. The van der Waals surface area contributed by atoms with Crippen LogP contribution in [0.25, 0.3) is 0 Å². The Bertz CT molecular complexity index is 996. The Morgan fingerprint density at radius 1 is 1.14 bits per heavy atom. The number of rotatable bonds is 9. The first kappa shape index (κ1) is 27.4. The predicted octanol–water partition coefficient (Wildman–Crippen LogP) is 3.31. The zero-order valence-corrected chi connectivity index (χ0v) is 23.3. The molecule has 37 heavy (non-hydrogen) atoms. The fourth-order valence-corrected chi connectivity index (χ4v) is 6.52. The molecule has 1 aromatic rings. The van der Waals surface area contributed by atoms with Crippen molar-refractivity contribution < 1.29 is 14.4 Å². The fourth-order valence-electron chi connectivity index (χ4n) is 6.52. The highest BCUT2D eigenvalue weighted by atomic mass is 16.2. The van der Waals surface area contributed by atoms with Crippen molar-refractivity contribution in [2.75, 3.05) is 33.7 Å². The van der Waals surface area contributed by atoms with Crippen LogP contribution in [0.5, 0.6) is 0 Å². The van der Waals surface area contributed by atoms with Gasteiger partial charge in [0.1, 0.15) is 6.04 Å². The first-order valence-corrected chi connectivity index (χ1v) is 13.8. The van der Waals surface area contributed by atoms with E-state index in [0.29, 0.717) is 19.0 Å². The van der Waals surface area contributed by atoms with E-state index in [-0.39, 0.29) is 23.0 Å². The minimum absolute atomic E-state index is 0.0465. The maximum absolute atomic E-state index is 13.9. The van der Waals surface area contributed by atoms with Crippen molar-refractivity contribution in [1.29, 1.82) is 0 Å². The molecule has 1 unspecified atom stereocenters. The number of nitrogens with zero attached hydrogens (tertiary/aromatic N) is 3. The third kappa shape index (κ3) is 5.22. The first-order chi connectivity index (χ1) is 17.4. The van der Waals surface area contributed by atoms with E-state index >= 15 is 0 Å². The molecule has 0 radical (unpaired) electrons. The summed E-state index contributed by atoms with van der Waals surface area (Å²) in [5.41, 5.74) is 5.57. The summed E-state index contributed by atoms with van der Waals surface area (Å²) in [5, 5.41) is 2.71. The Morgan fingerprint density at radius 2 is 1.76 bits per heavy atom. The lowest BCUT2D eigenvalue weighted by atomic mass is 9.68. The normalized spacial score (nSPS) is 27.5. The Kier molecular flexibility index (Phi) is 7.62. The zero-order valence-electron chi connectivity index (χ0n) is 23.3. The van der Waals surface area contributed by atoms with Gasteiger partial charge < -0.3 is 20.9 Å². The van der Waals surface area contributed by atoms with Crippen LogP contribution in [0.4, 0.5) is 4.79 Å². The molecule has 1 heterocycles. The van der Waals surface area contributed by atoms with Crippen molar-refractivity contribution in [2.24, 2.45) is 17.1 Å². The molecular formula is C29H45N5O3. The van der Waals surface area contributed by atoms with E-state index in [9.17, 15) is 14.4 Å². The number of carbonyl (C=O) groups is 3. The van der Waals surface area contributed by atoms with Gasteiger partial charge in [-0.25, -0.2) is 4.79 Å². The third-order valence-corrected chi connectivity index (χ3v) is 9.37. The van der Waals surface area contributed by atoms with Gasteiger partial charge in [0.2, 0.25) is 11.8 Å². The van der Waals surface area contributed by atoms with E-state index in [0.717, 1.165) is 32.2 Å². The summed E-state index contributed by atoms with van der Waals surface area (Å²) in [7, 11) is 4.33. The molecule has 1 spiro atoms. The van der Waals surface area contributed by atoms with E-state index in [2.05, 4.69) is 59.5 Å². The summed E-state index contributed by atoms with van der Waals surface area (Å²) in [6.45, 7) is 7.00. The average molecular weight is 512 g/mol. The molecule has 0 bridgehead atoms. The van der Waals surface area contributed by atoms with Gasteiger partial charge in [-0.3, -0.25) is 14.5 Å². The second kappa shape index (κ2) is 10.3. The van der Waals surface area contributed by atoms with E-state index in [1.807, 2.05) is 18.7 Å². The highest BCUT2D eigenvalue weighted by Crippen LogP contribution is 2.50. The minimum atomic E-state index is -0.848. The van der Waals surface area contributed by atoms with Gasteiger partial charge in [-0.2, -0.15) is 0 Å². The van der Waals surface area contributed by atoms with Crippen molar-refractivity contribution in [3.05, 3.63) is 35.9 Å². The Labute approximate surface area is 221 Å². The molecule has 8 heteroatoms. The second-order valence-corrected chi connectivity index (χ2v) is 12.5. The van der Waals surface area contributed by atoms with Crippen LogP contribution in [0.1, 0.15) is 71.3 Å². The molecule has 3 N–H and O–H groups in total. The standard InChI is InChI=1S/C29H45N5O3/c1-21(24(30)35)31-25(36)27(2,3)19-33-20-28(34(26(33)37)18-22-10-9-11-22)14-16-29(17-15-28,32(4)5)23-12-7-6-8-13-23/h6-8,12-13,21-22H,9-11,14-20H2,1-5H3,(H2,30,35)(H,31,36)/t21?,28-,29-. The van der Waals surface area contributed by atoms with Crippen molar-refractivity contribution in [1.82, 2.24) is 20.0 Å².